The molecule has 0 saturated carbocycles. The molecule has 0 unspecified atom stereocenters. The van der Waals surface area contributed by atoms with Crippen LogP contribution in [0.5, 0.6) is 17.2 Å². The summed E-state index contributed by atoms with van der Waals surface area (Å²) in [5.41, 5.74) is 3.58. The van der Waals surface area contributed by atoms with Gasteiger partial charge in [-0.25, -0.2) is 4.98 Å². The summed E-state index contributed by atoms with van der Waals surface area (Å²) < 4.78 is 11.0. The largest absolute Gasteiger partial charge is 0.508 e. The summed E-state index contributed by atoms with van der Waals surface area (Å²) in [6.45, 7) is 0.979. The number of hydrogen-bond donors (Lipinski definition) is 3. The van der Waals surface area contributed by atoms with Crippen molar-refractivity contribution in [1.29, 1.82) is 0 Å². The molecule has 2 heterocycles. The molecule has 4 aromatic rings. The molecule has 0 fully saturated rings. The number of imidazole rings is 1. The van der Waals surface area contributed by atoms with Crippen molar-refractivity contribution in [2.75, 3.05) is 18.5 Å². The SMILES string of the molecule is O=C(Nc1ccc2nc(-c3ccc(O)cc3)[nH]c2c1)c1ccc2c(c1)OCCO2. The molecule has 0 aliphatic carbocycles. The van der Waals surface area contributed by atoms with E-state index >= 15 is 0 Å². The summed E-state index contributed by atoms with van der Waals surface area (Å²) in [4.78, 5) is 20.4. The van der Waals surface area contributed by atoms with Crippen LogP contribution in [0.25, 0.3) is 22.4 Å². The molecular formula is C22H17N3O4. The van der Waals surface area contributed by atoms with Gasteiger partial charge in [-0.3, -0.25) is 4.79 Å². The Bertz CT molecular complexity index is 1210. The number of aromatic nitrogens is 2. The number of carbonyl (C=O) groups excluding carboxylic acids is 1. The quantitative estimate of drug-likeness (QED) is 0.494. The third kappa shape index (κ3) is 3.34. The lowest BCUT2D eigenvalue weighted by Gasteiger charge is -2.18. The molecule has 7 nitrogen and oxygen atoms in total. The summed E-state index contributed by atoms with van der Waals surface area (Å²) in [6, 6.07) is 17.4. The Hall–Kier alpha value is -4.00. The number of benzene rings is 3. The van der Waals surface area contributed by atoms with Crippen LogP contribution in [0.3, 0.4) is 0 Å². The Morgan fingerprint density at radius 2 is 1.76 bits per heavy atom. The highest BCUT2D eigenvalue weighted by atomic mass is 16.6. The number of rotatable bonds is 3. The number of carbonyl (C=O) groups is 1. The number of phenolic OH excluding ortho intramolecular Hbond substituents is 1. The van der Waals surface area contributed by atoms with E-state index in [4.69, 9.17) is 9.47 Å². The maximum absolute atomic E-state index is 12.6. The molecule has 7 heteroatoms. The Labute approximate surface area is 165 Å². The van der Waals surface area contributed by atoms with Gasteiger partial charge in [-0.15, -0.1) is 0 Å². The number of fused-ring (bicyclic) bond motifs is 2. The van der Waals surface area contributed by atoms with E-state index in [1.54, 1.807) is 48.5 Å². The van der Waals surface area contributed by atoms with Crippen LogP contribution in [-0.4, -0.2) is 34.2 Å². The predicted molar refractivity (Wildman–Crippen MR) is 109 cm³/mol. The minimum Gasteiger partial charge on any atom is -0.508 e. The van der Waals surface area contributed by atoms with Crippen LogP contribution in [0, 0.1) is 0 Å². The summed E-state index contributed by atoms with van der Waals surface area (Å²) in [6.07, 6.45) is 0. The van der Waals surface area contributed by atoms with Gasteiger partial charge in [-0.1, -0.05) is 0 Å². The van der Waals surface area contributed by atoms with Gasteiger partial charge in [0.1, 0.15) is 24.8 Å². The average molecular weight is 387 g/mol. The second-order valence-electron chi connectivity index (χ2n) is 6.68. The number of nitrogens with zero attached hydrogens (tertiary/aromatic N) is 1. The fourth-order valence-electron chi connectivity index (χ4n) is 3.23. The number of hydrogen-bond acceptors (Lipinski definition) is 5. The maximum Gasteiger partial charge on any atom is 0.255 e. The zero-order valence-corrected chi connectivity index (χ0v) is 15.3. The third-order valence-electron chi connectivity index (χ3n) is 4.68. The topological polar surface area (TPSA) is 96.5 Å². The van der Waals surface area contributed by atoms with Crippen LogP contribution in [-0.2, 0) is 0 Å². The third-order valence-corrected chi connectivity index (χ3v) is 4.68. The van der Waals surface area contributed by atoms with E-state index in [9.17, 15) is 9.90 Å². The molecular weight excluding hydrogens is 370 g/mol. The van der Waals surface area contributed by atoms with Crippen molar-refractivity contribution in [3.8, 4) is 28.6 Å². The first kappa shape index (κ1) is 17.1. The molecule has 1 aliphatic rings. The van der Waals surface area contributed by atoms with Crippen LogP contribution < -0.4 is 14.8 Å². The summed E-state index contributed by atoms with van der Waals surface area (Å²) in [5.74, 6) is 1.88. The lowest BCUT2D eigenvalue weighted by atomic mass is 10.1. The van der Waals surface area contributed by atoms with E-state index < -0.39 is 0 Å². The molecule has 0 bridgehead atoms. The van der Waals surface area contributed by atoms with Crippen LogP contribution in [0.1, 0.15) is 10.4 Å². The highest BCUT2D eigenvalue weighted by Gasteiger charge is 2.15. The van der Waals surface area contributed by atoms with Gasteiger partial charge in [0.15, 0.2) is 11.5 Å². The number of aromatic amines is 1. The first-order valence-corrected chi connectivity index (χ1v) is 9.16. The van der Waals surface area contributed by atoms with Crippen molar-refractivity contribution in [2.24, 2.45) is 0 Å². The number of phenols is 1. The van der Waals surface area contributed by atoms with E-state index in [0.717, 1.165) is 16.6 Å². The fraction of sp³-hybridized carbons (Fsp3) is 0.0909. The molecule has 1 aromatic heterocycles. The van der Waals surface area contributed by atoms with Gasteiger partial charge in [0.25, 0.3) is 5.91 Å². The van der Waals surface area contributed by atoms with Crippen LogP contribution in [0.2, 0.25) is 0 Å². The molecule has 5 rings (SSSR count). The number of aromatic hydroxyl groups is 1. The predicted octanol–water partition coefficient (Wildman–Crippen LogP) is 3.96. The van der Waals surface area contributed by atoms with Gasteiger partial charge in [-0.05, 0) is 60.7 Å². The number of H-pyrrole nitrogens is 1. The molecule has 0 radical (unpaired) electrons. The minimum atomic E-state index is -0.236. The second kappa shape index (κ2) is 6.87. The highest BCUT2D eigenvalue weighted by molar-refractivity contribution is 6.05. The molecule has 0 atom stereocenters. The van der Waals surface area contributed by atoms with E-state index in [0.29, 0.717) is 41.8 Å². The standard InChI is InChI=1S/C22H17N3O4/c26-16-5-1-13(2-6-16)21-24-17-7-4-15(12-18(17)25-21)23-22(27)14-3-8-19-20(11-14)29-10-9-28-19/h1-8,11-12,26H,9-10H2,(H,23,27)(H,24,25). The summed E-state index contributed by atoms with van der Waals surface area (Å²) >= 11 is 0. The van der Waals surface area contributed by atoms with Crippen molar-refractivity contribution in [3.05, 3.63) is 66.2 Å². The Kier molecular flexibility index (Phi) is 4.05. The highest BCUT2D eigenvalue weighted by Crippen LogP contribution is 2.31. The van der Waals surface area contributed by atoms with Crippen LogP contribution >= 0.6 is 0 Å². The van der Waals surface area contributed by atoms with E-state index in [1.807, 2.05) is 12.1 Å². The summed E-state index contributed by atoms with van der Waals surface area (Å²) in [7, 11) is 0. The minimum absolute atomic E-state index is 0.203. The molecule has 3 aromatic carbocycles. The number of amides is 1. The fourth-order valence-corrected chi connectivity index (χ4v) is 3.23. The van der Waals surface area contributed by atoms with Gasteiger partial charge in [0.2, 0.25) is 0 Å². The zero-order valence-electron chi connectivity index (χ0n) is 15.3. The average Bonchev–Trinajstić information content (AvgIpc) is 3.17. The van der Waals surface area contributed by atoms with Crippen LogP contribution in [0.4, 0.5) is 5.69 Å². The first-order chi connectivity index (χ1) is 14.2. The molecule has 29 heavy (non-hydrogen) atoms. The maximum atomic E-state index is 12.6. The van der Waals surface area contributed by atoms with Gasteiger partial charge >= 0.3 is 0 Å². The second-order valence-corrected chi connectivity index (χ2v) is 6.68. The molecule has 1 aliphatic heterocycles. The van der Waals surface area contributed by atoms with E-state index in [2.05, 4.69) is 15.3 Å². The van der Waals surface area contributed by atoms with Crippen molar-refractivity contribution in [3.63, 3.8) is 0 Å². The lowest BCUT2D eigenvalue weighted by Crippen LogP contribution is -2.17. The van der Waals surface area contributed by atoms with Crippen molar-refractivity contribution in [1.82, 2.24) is 9.97 Å². The van der Waals surface area contributed by atoms with Crippen molar-refractivity contribution >= 4 is 22.6 Å². The normalized spacial score (nSPS) is 12.7. The van der Waals surface area contributed by atoms with E-state index in [1.165, 1.54) is 0 Å². The molecule has 0 spiro atoms. The van der Waals surface area contributed by atoms with Gasteiger partial charge in [0, 0.05) is 16.8 Å². The van der Waals surface area contributed by atoms with Gasteiger partial charge < -0.3 is 24.9 Å². The van der Waals surface area contributed by atoms with Gasteiger partial charge in [-0.2, -0.15) is 0 Å². The smallest absolute Gasteiger partial charge is 0.255 e. The Morgan fingerprint density at radius 1 is 0.966 bits per heavy atom. The first-order valence-electron chi connectivity index (χ1n) is 9.16. The Balaban J connectivity index is 1.39. The number of ether oxygens (including phenoxy) is 2. The van der Waals surface area contributed by atoms with Crippen molar-refractivity contribution < 1.29 is 19.4 Å². The molecule has 144 valence electrons. The molecule has 1 amide bonds. The Morgan fingerprint density at radius 3 is 2.59 bits per heavy atom. The van der Waals surface area contributed by atoms with Gasteiger partial charge in [0.05, 0.1) is 11.0 Å². The molecule has 3 N–H and O–H groups in total. The van der Waals surface area contributed by atoms with Crippen molar-refractivity contribution in [2.45, 2.75) is 0 Å². The monoisotopic (exact) mass is 387 g/mol. The lowest BCUT2D eigenvalue weighted by molar-refractivity contribution is 0.102. The number of nitrogens with one attached hydrogen (secondary N) is 2. The number of anilines is 1. The molecule has 0 saturated heterocycles. The van der Waals surface area contributed by atoms with Crippen LogP contribution in [0.15, 0.2) is 60.7 Å². The van der Waals surface area contributed by atoms with E-state index in [-0.39, 0.29) is 11.7 Å². The summed E-state index contributed by atoms with van der Waals surface area (Å²) in [5, 5.41) is 12.3. The zero-order chi connectivity index (χ0) is 19.8.